The van der Waals surface area contributed by atoms with E-state index in [1.54, 1.807) is 20.8 Å². The highest BCUT2D eigenvalue weighted by Crippen LogP contribution is 2.46. The van der Waals surface area contributed by atoms with Crippen LogP contribution >= 0.6 is 0 Å². The van der Waals surface area contributed by atoms with Crippen molar-refractivity contribution in [2.75, 3.05) is 19.6 Å². The van der Waals surface area contributed by atoms with Crippen LogP contribution < -0.4 is 4.74 Å². The molecule has 0 aromatic heterocycles. The lowest BCUT2D eigenvalue weighted by Gasteiger charge is -2.38. The Morgan fingerprint density at radius 3 is 2.24 bits per heavy atom. The summed E-state index contributed by atoms with van der Waals surface area (Å²) in [6.45, 7) is 6.55. The van der Waals surface area contributed by atoms with Gasteiger partial charge in [0.1, 0.15) is 11.4 Å². The molecule has 0 unspecified atom stereocenters. The predicted octanol–water partition coefficient (Wildman–Crippen LogP) is 6.33. The SMILES string of the molecule is Cc1cc(OC(F)(F)F)ccc1-c1cc2c(c(C(F)(F)F)c1)C(=O)N1CCN(C(=O)OC(C)(C)C)C[C@@H]21. The van der Waals surface area contributed by atoms with Crippen molar-refractivity contribution in [2.24, 2.45) is 0 Å². The molecule has 2 aromatic carbocycles. The van der Waals surface area contributed by atoms with Crippen LogP contribution in [0.15, 0.2) is 30.3 Å². The summed E-state index contributed by atoms with van der Waals surface area (Å²) in [5, 5.41) is 0. The van der Waals surface area contributed by atoms with Crippen LogP contribution in [0, 0.1) is 6.92 Å². The maximum Gasteiger partial charge on any atom is 0.573 e. The van der Waals surface area contributed by atoms with E-state index in [1.165, 1.54) is 28.9 Å². The van der Waals surface area contributed by atoms with Crippen molar-refractivity contribution in [3.05, 3.63) is 52.6 Å². The van der Waals surface area contributed by atoms with Crippen molar-refractivity contribution < 1.29 is 45.4 Å². The molecule has 4 rings (SSSR count). The van der Waals surface area contributed by atoms with Crippen molar-refractivity contribution in [3.8, 4) is 16.9 Å². The van der Waals surface area contributed by atoms with Crippen LogP contribution in [0.4, 0.5) is 31.1 Å². The van der Waals surface area contributed by atoms with Gasteiger partial charge in [-0.25, -0.2) is 4.79 Å². The quantitative estimate of drug-likeness (QED) is 0.426. The maximum absolute atomic E-state index is 14.1. The number of ether oxygens (including phenoxy) is 2. The zero-order chi connectivity index (χ0) is 27.5. The normalized spacial score (nSPS) is 18.0. The van der Waals surface area contributed by atoms with Gasteiger partial charge in [0.15, 0.2) is 0 Å². The molecule has 200 valence electrons. The Morgan fingerprint density at radius 2 is 1.68 bits per heavy atom. The molecule has 12 heteroatoms. The van der Waals surface area contributed by atoms with Crippen LogP contribution in [0.2, 0.25) is 0 Å². The minimum absolute atomic E-state index is 0.0204. The number of hydrogen-bond donors (Lipinski definition) is 0. The van der Waals surface area contributed by atoms with E-state index in [4.69, 9.17) is 4.74 Å². The molecule has 37 heavy (non-hydrogen) atoms. The molecule has 1 saturated heterocycles. The summed E-state index contributed by atoms with van der Waals surface area (Å²) >= 11 is 0. The molecule has 2 aliphatic rings. The molecule has 0 saturated carbocycles. The summed E-state index contributed by atoms with van der Waals surface area (Å²) in [4.78, 5) is 28.3. The van der Waals surface area contributed by atoms with E-state index in [0.717, 1.165) is 18.2 Å². The molecule has 0 N–H and O–H groups in total. The fourth-order valence-corrected chi connectivity index (χ4v) is 4.63. The van der Waals surface area contributed by atoms with Crippen molar-refractivity contribution in [3.63, 3.8) is 0 Å². The van der Waals surface area contributed by atoms with Crippen LogP contribution in [0.25, 0.3) is 11.1 Å². The summed E-state index contributed by atoms with van der Waals surface area (Å²) in [5.74, 6) is -1.29. The molecular weight excluding hydrogens is 506 g/mol. The molecule has 2 aliphatic heterocycles. The Labute approximate surface area is 208 Å². The Hall–Kier alpha value is -3.44. The number of piperazine rings is 1. The lowest BCUT2D eigenvalue weighted by Crippen LogP contribution is -2.50. The lowest BCUT2D eigenvalue weighted by atomic mass is 9.91. The number of carbonyl (C=O) groups is 2. The lowest BCUT2D eigenvalue weighted by molar-refractivity contribution is -0.274. The fourth-order valence-electron chi connectivity index (χ4n) is 4.63. The third-order valence-corrected chi connectivity index (χ3v) is 6.08. The molecule has 0 aliphatic carbocycles. The van der Waals surface area contributed by atoms with Gasteiger partial charge in [0, 0.05) is 19.6 Å². The van der Waals surface area contributed by atoms with Gasteiger partial charge < -0.3 is 19.3 Å². The van der Waals surface area contributed by atoms with E-state index < -0.39 is 53.1 Å². The first-order chi connectivity index (χ1) is 16.9. The minimum Gasteiger partial charge on any atom is -0.444 e. The number of carbonyl (C=O) groups excluding carboxylic acids is 2. The van der Waals surface area contributed by atoms with Gasteiger partial charge >= 0.3 is 18.6 Å². The molecule has 2 amide bonds. The Morgan fingerprint density at radius 1 is 1.00 bits per heavy atom. The molecule has 2 heterocycles. The van der Waals surface area contributed by atoms with Crippen molar-refractivity contribution in [2.45, 2.75) is 51.9 Å². The van der Waals surface area contributed by atoms with Crippen LogP contribution in [0.3, 0.4) is 0 Å². The smallest absolute Gasteiger partial charge is 0.444 e. The van der Waals surface area contributed by atoms with E-state index in [0.29, 0.717) is 0 Å². The number of hydrogen-bond acceptors (Lipinski definition) is 4. The van der Waals surface area contributed by atoms with E-state index >= 15 is 0 Å². The standard InChI is InChI=1S/C25H24F6N2O4/c1-13-9-15(36-25(29,30)31)5-6-16(13)14-10-17-19-12-32(22(35)37-23(2,3)4)7-8-33(19)21(34)20(17)18(11-14)24(26,27)28/h5-6,9-11,19H,7-8,12H2,1-4H3/t19-/m0/s1. The molecule has 1 fully saturated rings. The van der Waals surface area contributed by atoms with Crippen LogP contribution in [0.1, 0.15) is 53.9 Å². The predicted molar refractivity (Wildman–Crippen MR) is 120 cm³/mol. The topological polar surface area (TPSA) is 59.1 Å². The average molecular weight is 530 g/mol. The van der Waals surface area contributed by atoms with Crippen molar-refractivity contribution >= 4 is 12.0 Å². The maximum atomic E-state index is 14.1. The van der Waals surface area contributed by atoms with E-state index in [9.17, 15) is 35.9 Å². The van der Waals surface area contributed by atoms with Crippen molar-refractivity contribution in [1.82, 2.24) is 9.80 Å². The monoisotopic (exact) mass is 530 g/mol. The number of amides is 2. The first-order valence-electron chi connectivity index (χ1n) is 11.4. The highest BCUT2D eigenvalue weighted by molar-refractivity contribution is 6.02. The van der Waals surface area contributed by atoms with E-state index in [-0.39, 0.29) is 41.9 Å². The second kappa shape index (κ2) is 8.84. The molecule has 0 radical (unpaired) electrons. The van der Waals surface area contributed by atoms with Crippen LogP contribution in [0.5, 0.6) is 5.75 Å². The van der Waals surface area contributed by atoms with Gasteiger partial charge in [-0.1, -0.05) is 6.07 Å². The number of aryl methyl sites for hydroxylation is 1. The van der Waals surface area contributed by atoms with Crippen molar-refractivity contribution in [1.29, 1.82) is 0 Å². The first kappa shape index (κ1) is 26.6. The third-order valence-electron chi connectivity index (χ3n) is 6.08. The fraction of sp³-hybridized carbons (Fsp3) is 0.440. The van der Waals surface area contributed by atoms with Crippen LogP contribution in [-0.2, 0) is 10.9 Å². The highest BCUT2D eigenvalue weighted by Gasteiger charge is 2.47. The van der Waals surface area contributed by atoms with Gasteiger partial charge in [-0.3, -0.25) is 4.79 Å². The van der Waals surface area contributed by atoms with Gasteiger partial charge in [-0.15, -0.1) is 13.2 Å². The zero-order valence-electron chi connectivity index (χ0n) is 20.4. The number of benzene rings is 2. The van der Waals surface area contributed by atoms with E-state index in [1.807, 2.05) is 0 Å². The van der Waals surface area contributed by atoms with Gasteiger partial charge in [0.25, 0.3) is 5.91 Å². The molecule has 0 spiro atoms. The van der Waals surface area contributed by atoms with Gasteiger partial charge in [-0.05, 0) is 74.2 Å². The summed E-state index contributed by atoms with van der Waals surface area (Å²) in [7, 11) is 0. The Bertz CT molecular complexity index is 1250. The molecule has 0 bridgehead atoms. The number of fused-ring (bicyclic) bond motifs is 3. The number of nitrogens with zero attached hydrogens (tertiary/aromatic N) is 2. The van der Waals surface area contributed by atoms with Gasteiger partial charge in [-0.2, -0.15) is 13.2 Å². The zero-order valence-corrected chi connectivity index (χ0v) is 20.4. The Kier molecular flexibility index (Phi) is 6.36. The largest absolute Gasteiger partial charge is 0.573 e. The summed E-state index contributed by atoms with van der Waals surface area (Å²) < 4.78 is 89.4. The molecular formula is C25H24F6N2O4. The number of rotatable bonds is 2. The van der Waals surface area contributed by atoms with Gasteiger partial charge in [0.2, 0.25) is 0 Å². The molecule has 1 atom stereocenters. The first-order valence-corrected chi connectivity index (χ1v) is 11.4. The van der Waals surface area contributed by atoms with E-state index in [2.05, 4.69) is 4.74 Å². The summed E-state index contributed by atoms with van der Waals surface area (Å²) in [5.41, 5.74) is -1.75. The minimum atomic E-state index is -4.92. The summed E-state index contributed by atoms with van der Waals surface area (Å²) in [6, 6.07) is 4.74. The number of halogens is 6. The number of alkyl halides is 6. The van der Waals surface area contributed by atoms with Gasteiger partial charge in [0.05, 0.1) is 17.2 Å². The summed E-state index contributed by atoms with van der Waals surface area (Å²) in [6.07, 6.45) is -10.4. The third kappa shape index (κ3) is 5.47. The highest BCUT2D eigenvalue weighted by atomic mass is 19.4. The van der Waals surface area contributed by atoms with Crippen LogP contribution in [-0.4, -0.2) is 53.4 Å². The molecule has 2 aromatic rings. The second-order valence-corrected chi connectivity index (χ2v) is 9.95. The Balaban J connectivity index is 1.77. The second-order valence-electron chi connectivity index (χ2n) is 9.95. The average Bonchev–Trinajstić information content (AvgIpc) is 3.02. The molecule has 6 nitrogen and oxygen atoms in total.